The maximum absolute atomic E-state index is 4.54. The van der Waals surface area contributed by atoms with Crippen LogP contribution in [0.15, 0.2) is 17.8 Å². The van der Waals surface area contributed by atoms with Gasteiger partial charge in [0.1, 0.15) is 5.01 Å². The summed E-state index contributed by atoms with van der Waals surface area (Å²) in [6.07, 6.45) is 3.93. The summed E-state index contributed by atoms with van der Waals surface area (Å²) >= 11 is 1.67. The van der Waals surface area contributed by atoms with Crippen LogP contribution in [0.5, 0.6) is 0 Å². The number of imidazole rings is 1. The number of thiazole rings is 1. The minimum atomic E-state index is 0.192. The summed E-state index contributed by atoms with van der Waals surface area (Å²) in [5.74, 6) is 1.54. The Labute approximate surface area is 112 Å². The number of hydrogen-bond donors (Lipinski definition) is 1. The van der Waals surface area contributed by atoms with Crippen molar-refractivity contribution in [2.75, 3.05) is 5.32 Å². The van der Waals surface area contributed by atoms with Gasteiger partial charge in [0, 0.05) is 24.3 Å². The summed E-state index contributed by atoms with van der Waals surface area (Å²) in [6, 6.07) is 0.192. The van der Waals surface area contributed by atoms with Crippen molar-refractivity contribution in [2.45, 2.75) is 40.3 Å². The molecular weight excluding hydrogens is 244 g/mol. The van der Waals surface area contributed by atoms with Crippen LogP contribution in [-0.4, -0.2) is 14.5 Å². The van der Waals surface area contributed by atoms with E-state index >= 15 is 0 Å². The lowest BCUT2D eigenvalue weighted by Crippen LogP contribution is -2.13. The highest BCUT2D eigenvalue weighted by Gasteiger charge is 2.12. The van der Waals surface area contributed by atoms with Crippen LogP contribution in [0.3, 0.4) is 0 Å². The van der Waals surface area contributed by atoms with Gasteiger partial charge in [0.25, 0.3) is 0 Å². The van der Waals surface area contributed by atoms with E-state index in [-0.39, 0.29) is 6.04 Å². The molecule has 0 aliphatic heterocycles. The Hall–Kier alpha value is -1.36. The molecule has 98 valence electrons. The van der Waals surface area contributed by atoms with Crippen molar-refractivity contribution >= 4 is 17.3 Å². The average Bonchev–Trinajstić information content (AvgIpc) is 2.88. The van der Waals surface area contributed by atoms with Crippen molar-refractivity contribution in [1.29, 1.82) is 0 Å². The lowest BCUT2D eigenvalue weighted by atomic mass is 10.2. The highest BCUT2D eigenvalue weighted by Crippen LogP contribution is 2.21. The molecular formula is C13H20N4S. The van der Waals surface area contributed by atoms with Crippen molar-refractivity contribution in [3.8, 4) is 0 Å². The maximum atomic E-state index is 4.54. The monoisotopic (exact) mass is 264 g/mol. The zero-order chi connectivity index (χ0) is 13.1. The molecule has 0 spiro atoms. The summed E-state index contributed by atoms with van der Waals surface area (Å²) < 4.78 is 2.18. The quantitative estimate of drug-likeness (QED) is 0.899. The minimum Gasteiger partial charge on any atom is -0.347 e. The summed E-state index contributed by atoms with van der Waals surface area (Å²) in [5, 5.41) is 6.53. The van der Waals surface area contributed by atoms with Gasteiger partial charge in [-0.3, -0.25) is 0 Å². The molecule has 18 heavy (non-hydrogen) atoms. The Morgan fingerprint density at radius 2 is 2.17 bits per heavy atom. The van der Waals surface area contributed by atoms with Gasteiger partial charge in [0.2, 0.25) is 5.95 Å². The molecule has 0 amide bonds. The van der Waals surface area contributed by atoms with Gasteiger partial charge in [-0.15, -0.1) is 11.3 Å². The number of nitrogens with zero attached hydrogens (tertiary/aromatic N) is 3. The predicted octanol–water partition coefficient (Wildman–Crippen LogP) is 3.48. The van der Waals surface area contributed by atoms with Gasteiger partial charge < -0.3 is 9.88 Å². The predicted molar refractivity (Wildman–Crippen MR) is 76.0 cm³/mol. The number of anilines is 1. The summed E-state index contributed by atoms with van der Waals surface area (Å²) in [6.45, 7) is 9.54. The van der Waals surface area contributed by atoms with Crippen LogP contribution in [0, 0.1) is 12.8 Å². The van der Waals surface area contributed by atoms with Gasteiger partial charge in [-0.25, -0.2) is 9.97 Å². The fraction of sp³-hybridized carbons (Fsp3) is 0.538. The molecule has 0 fully saturated rings. The Bertz CT molecular complexity index is 487. The molecule has 2 heterocycles. The zero-order valence-corrected chi connectivity index (χ0v) is 12.2. The number of aromatic nitrogens is 3. The van der Waals surface area contributed by atoms with Crippen molar-refractivity contribution < 1.29 is 0 Å². The Balaban J connectivity index is 2.13. The van der Waals surface area contributed by atoms with Crippen molar-refractivity contribution in [1.82, 2.24) is 14.5 Å². The highest BCUT2D eigenvalue weighted by atomic mass is 32.1. The minimum absolute atomic E-state index is 0.192. The van der Waals surface area contributed by atoms with E-state index < -0.39 is 0 Å². The van der Waals surface area contributed by atoms with E-state index in [0.717, 1.165) is 23.2 Å². The third-order valence-corrected chi connectivity index (χ3v) is 3.58. The number of aryl methyl sites for hydroxylation is 1. The topological polar surface area (TPSA) is 42.7 Å². The largest absolute Gasteiger partial charge is 0.347 e. The molecule has 0 radical (unpaired) electrons. The molecule has 0 saturated carbocycles. The molecule has 1 N–H and O–H groups in total. The standard InChI is InChI=1S/C13H20N4S/c1-9(2)7-17-8-10(3)15-13(17)16-11(4)12-14-5-6-18-12/h5-6,8-9,11H,7H2,1-4H3,(H,15,16). The first-order valence-corrected chi connectivity index (χ1v) is 7.14. The second kappa shape index (κ2) is 5.52. The van der Waals surface area contributed by atoms with Crippen LogP contribution in [0.25, 0.3) is 0 Å². The third-order valence-electron chi connectivity index (χ3n) is 2.63. The van der Waals surface area contributed by atoms with E-state index in [2.05, 4.69) is 46.8 Å². The molecule has 2 aromatic rings. The van der Waals surface area contributed by atoms with Crippen molar-refractivity contribution in [3.05, 3.63) is 28.5 Å². The molecule has 2 rings (SSSR count). The summed E-state index contributed by atoms with van der Waals surface area (Å²) in [5.41, 5.74) is 1.05. The van der Waals surface area contributed by atoms with Crippen LogP contribution < -0.4 is 5.32 Å². The van der Waals surface area contributed by atoms with Gasteiger partial charge in [0.05, 0.1) is 11.7 Å². The van der Waals surface area contributed by atoms with Gasteiger partial charge >= 0.3 is 0 Å². The number of rotatable bonds is 5. The van der Waals surface area contributed by atoms with Gasteiger partial charge in [-0.05, 0) is 19.8 Å². The second-order valence-electron chi connectivity index (χ2n) is 4.99. The summed E-state index contributed by atoms with van der Waals surface area (Å²) in [4.78, 5) is 8.87. The van der Waals surface area contributed by atoms with Crippen LogP contribution in [0.4, 0.5) is 5.95 Å². The molecule has 0 aliphatic rings. The molecule has 0 aromatic carbocycles. The van der Waals surface area contributed by atoms with E-state index in [1.807, 2.05) is 18.5 Å². The first kappa shape index (κ1) is 13.1. The Morgan fingerprint density at radius 1 is 1.39 bits per heavy atom. The van der Waals surface area contributed by atoms with E-state index in [1.54, 1.807) is 11.3 Å². The van der Waals surface area contributed by atoms with Crippen LogP contribution in [0.1, 0.15) is 37.5 Å². The van der Waals surface area contributed by atoms with E-state index in [4.69, 9.17) is 0 Å². The first-order valence-electron chi connectivity index (χ1n) is 6.26. The molecule has 2 aromatic heterocycles. The smallest absolute Gasteiger partial charge is 0.203 e. The maximum Gasteiger partial charge on any atom is 0.203 e. The Morgan fingerprint density at radius 3 is 2.78 bits per heavy atom. The van der Waals surface area contributed by atoms with E-state index in [9.17, 15) is 0 Å². The van der Waals surface area contributed by atoms with Crippen LogP contribution in [0.2, 0.25) is 0 Å². The third kappa shape index (κ3) is 3.10. The molecule has 0 bridgehead atoms. The lowest BCUT2D eigenvalue weighted by Gasteiger charge is -2.15. The van der Waals surface area contributed by atoms with Crippen LogP contribution >= 0.6 is 11.3 Å². The normalized spacial score (nSPS) is 12.9. The molecule has 5 heteroatoms. The van der Waals surface area contributed by atoms with Crippen LogP contribution in [-0.2, 0) is 6.54 Å². The van der Waals surface area contributed by atoms with Gasteiger partial charge in [-0.1, -0.05) is 13.8 Å². The molecule has 0 aliphatic carbocycles. The number of hydrogen-bond acceptors (Lipinski definition) is 4. The second-order valence-corrected chi connectivity index (χ2v) is 5.91. The number of nitrogens with one attached hydrogen (secondary N) is 1. The fourth-order valence-electron chi connectivity index (χ4n) is 1.90. The highest BCUT2D eigenvalue weighted by molar-refractivity contribution is 7.09. The first-order chi connectivity index (χ1) is 8.56. The Kier molecular flexibility index (Phi) is 4.01. The van der Waals surface area contributed by atoms with Gasteiger partial charge in [-0.2, -0.15) is 0 Å². The molecule has 4 nitrogen and oxygen atoms in total. The molecule has 1 atom stereocenters. The molecule has 0 saturated heterocycles. The SMILES string of the molecule is Cc1cn(CC(C)C)c(NC(C)c2nccs2)n1. The zero-order valence-electron chi connectivity index (χ0n) is 11.3. The van der Waals surface area contributed by atoms with E-state index in [1.165, 1.54) is 0 Å². The molecule has 1 unspecified atom stereocenters. The van der Waals surface area contributed by atoms with Crippen molar-refractivity contribution in [2.24, 2.45) is 5.92 Å². The average molecular weight is 264 g/mol. The fourth-order valence-corrected chi connectivity index (χ4v) is 2.54. The lowest BCUT2D eigenvalue weighted by molar-refractivity contribution is 0.524. The van der Waals surface area contributed by atoms with Gasteiger partial charge in [0.15, 0.2) is 0 Å². The van der Waals surface area contributed by atoms with E-state index in [0.29, 0.717) is 5.92 Å². The van der Waals surface area contributed by atoms with Crippen molar-refractivity contribution in [3.63, 3.8) is 0 Å². The summed E-state index contributed by atoms with van der Waals surface area (Å²) in [7, 11) is 0.